The molecule has 0 aromatic heterocycles. The van der Waals surface area contributed by atoms with Crippen LogP contribution in [0.5, 0.6) is 0 Å². The average molecular weight is 410 g/mol. The number of ether oxygens (including phenoxy) is 1. The quantitative estimate of drug-likeness (QED) is 0.507. The molecular formula is C23H26N2O5. The van der Waals surface area contributed by atoms with Gasteiger partial charge in [0.1, 0.15) is 0 Å². The zero-order valence-electron chi connectivity index (χ0n) is 17.3. The summed E-state index contributed by atoms with van der Waals surface area (Å²) in [4.78, 5) is 50.3. The summed E-state index contributed by atoms with van der Waals surface area (Å²) in [5.74, 6) is -1.11. The van der Waals surface area contributed by atoms with E-state index in [1.54, 1.807) is 24.3 Å². The number of nitrogens with one attached hydrogen (secondary N) is 1. The van der Waals surface area contributed by atoms with Gasteiger partial charge in [0.05, 0.1) is 0 Å². The van der Waals surface area contributed by atoms with E-state index >= 15 is 0 Å². The molecule has 1 N–H and O–H groups in total. The Bertz CT molecular complexity index is 932. The summed E-state index contributed by atoms with van der Waals surface area (Å²) < 4.78 is 4.97. The lowest BCUT2D eigenvalue weighted by Crippen LogP contribution is -2.41. The normalized spacial score (nSPS) is 13.1. The minimum atomic E-state index is -0.534. The minimum Gasteiger partial charge on any atom is -0.456 e. The highest BCUT2D eigenvalue weighted by Gasteiger charge is 2.32. The molecule has 7 heteroatoms. The molecule has 0 saturated heterocycles. The SMILES string of the molecule is CC(C)CCNC(=O)COC(=O)CCCN1C(=O)c2cccc3cccc(c23)C1=O. The van der Waals surface area contributed by atoms with E-state index in [9.17, 15) is 19.2 Å². The average Bonchev–Trinajstić information content (AvgIpc) is 2.72. The second-order valence-corrected chi connectivity index (χ2v) is 7.77. The van der Waals surface area contributed by atoms with Crippen LogP contribution in [0.3, 0.4) is 0 Å². The number of nitrogens with zero attached hydrogens (tertiary/aromatic N) is 1. The third kappa shape index (κ3) is 4.84. The van der Waals surface area contributed by atoms with E-state index in [0.29, 0.717) is 29.0 Å². The van der Waals surface area contributed by atoms with E-state index in [1.165, 1.54) is 4.90 Å². The third-order valence-corrected chi connectivity index (χ3v) is 5.03. The van der Waals surface area contributed by atoms with Crippen molar-refractivity contribution in [3.8, 4) is 0 Å². The van der Waals surface area contributed by atoms with Gasteiger partial charge in [-0.15, -0.1) is 0 Å². The van der Waals surface area contributed by atoms with Gasteiger partial charge in [-0.1, -0.05) is 38.1 Å². The Labute approximate surface area is 175 Å². The molecule has 0 atom stereocenters. The first-order valence-electron chi connectivity index (χ1n) is 10.2. The smallest absolute Gasteiger partial charge is 0.306 e. The molecule has 3 amide bonds. The lowest BCUT2D eigenvalue weighted by molar-refractivity contribution is -0.148. The van der Waals surface area contributed by atoms with Crippen molar-refractivity contribution in [3.63, 3.8) is 0 Å². The number of imide groups is 1. The number of carbonyl (C=O) groups is 4. The van der Waals surface area contributed by atoms with E-state index in [4.69, 9.17) is 4.74 Å². The first kappa shape index (κ1) is 21.5. The van der Waals surface area contributed by atoms with Crippen LogP contribution in [0.1, 0.15) is 53.8 Å². The van der Waals surface area contributed by atoms with Gasteiger partial charge < -0.3 is 10.1 Å². The molecule has 30 heavy (non-hydrogen) atoms. The van der Waals surface area contributed by atoms with Gasteiger partial charge in [0.25, 0.3) is 17.7 Å². The molecule has 7 nitrogen and oxygen atoms in total. The first-order valence-corrected chi connectivity index (χ1v) is 10.2. The van der Waals surface area contributed by atoms with Crippen LogP contribution in [0.2, 0.25) is 0 Å². The fourth-order valence-electron chi connectivity index (χ4n) is 3.43. The summed E-state index contributed by atoms with van der Waals surface area (Å²) >= 11 is 0. The van der Waals surface area contributed by atoms with Gasteiger partial charge in [-0.3, -0.25) is 24.1 Å². The lowest BCUT2D eigenvalue weighted by atomic mass is 9.94. The van der Waals surface area contributed by atoms with Gasteiger partial charge in [-0.2, -0.15) is 0 Å². The number of rotatable bonds is 9. The van der Waals surface area contributed by atoms with Gasteiger partial charge in [-0.05, 0) is 36.3 Å². The fourth-order valence-corrected chi connectivity index (χ4v) is 3.43. The molecule has 0 fully saturated rings. The summed E-state index contributed by atoms with van der Waals surface area (Å²) in [5.41, 5.74) is 0.978. The first-order chi connectivity index (χ1) is 14.4. The molecule has 0 spiro atoms. The highest BCUT2D eigenvalue weighted by Crippen LogP contribution is 2.30. The van der Waals surface area contributed by atoms with Crippen LogP contribution in [-0.2, 0) is 14.3 Å². The monoisotopic (exact) mass is 410 g/mol. The molecule has 1 aliphatic rings. The van der Waals surface area contributed by atoms with Crippen LogP contribution >= 0.6 is 0 Å². The number of carbonyl (C=O) groups excluding carboxylic acids is 4. The minimum absolute atomic E-state index is 0.0161. The Balaban J connectivity index is 1.50. The second-order valence-electron chi connectivity index (χ2n) is 7.77. The van der Waals surface area contributed by atoms with E-state index < -0.39 is 5.97 Å². The molecule has 0 unspecified atom stereocenters. The topological polar surface area (TPSA) is 92.8 Å². The van der Waals surface area contributed by atoms with Crippen LogP contribution in [0.4, 0.5) is 0 Å². The molecule has 1 heterocycles. The van der Waals surface area contributed by atoms with Crippen molar-refractivity contribution in [2.24, 2.45) is 5.92 Å². The summed E-state index contributed by atoms with van der Waals surface area (Å²) in [7, 11) is 0. The second kappa shape index (κ2) is 9.52. The predicted molar refractivity (Wildman–Crippen MR) is 112 cm³/mol. The predicted octanol–water partition coefficient (Wildman–Crippen LogP) is 2.92. The molecule has 0 saturated carbocycles. The summed E-state index contributed by atoms with van der Waals surface area (Å²) in [6.07, 6.45) is 1.14. The Morgan fingerprint density at radius 3 is 2.27 bits per heavy atom. The standard InChI is InChI=1S/C23H26N2O5/c1-15(2)11-12-24-19(26)14-30-20(27)10-5-13-25-22(28)17-8-3-6-16-7-4-9-18(21(16)17)23(25)29/h3-4,6-9,15H,5,10-14H2,1-2H3,(H,24,26). The maximum atomic E-state index is 12.8. The molecule has 2 aromatic rings. The number of amides is 3. The van der Waals surface area contributed by atoms with E-state index in [-0.39, 0.29) is 43.7 Å². The van der Waals surface area contributed by atoms with E-state index in [2.05, 4.69) is 19.2 Å². The van der Waals surface area contributed by atoms with E-state index in [1.807, 2.05) is 12.1 Å². The van der Waals surface area contributed by atoms with Crippen molar-refractivity contribution in [3.05, 3.63) is 47.5 Å². The van der Waals surface area contributed by atoms with Gasteiger partial charge in [-0.25, -0.2) is 0 Å². The molecule has 0 aliphatic carbocycles. The fraction of sp³-hybridized carbons (Fsp3) is 0.391. The van der Waals surface area contributed by atoms with Gasteiger partial charge >= 0.3 is 5.97 Å². The highest BCUT2D eigenvalue weighted by molar-refractivity contribution is 6.25. The van der Waals surface area contributed by atoms with Gasteiger partial charge in [0.15, 0.2) is 6.61 Å². The molecule has 0 radical (unpaired) electrons. The van der Waals surface area contributed by atoms with E-state index in [0.717, 1.165) is 11.8 Å². The Morgan fingerprint density at radius 1 is 1.03 bits per heavy atom. The lowest BCUT2D eigenvalue weighted by Gasteiger charge is -2.27. The van der Waals surface area contributed by atoms with Crippen molar-refractivity contribution in [1.82, 2.24) is 10.2 Å². The van der Waals surface area contributed by atoms with Gasteiger partial charge in [0, 0.05) is 36.0 Å². The zero-order chi connectivity index (χ0) is 21.7. The van der Waals surface area contributed by atoms with Crippen molar-refractivity contribution in [2.75, 3.05) is 19.7 Å². The van der Waals surface area contributed by atoms with Crippen molar-refractivity contribution in [1.29, 1.82) is 0 Å². The number of esters is 1. The van der Waals surface area contributed by atoms with Crippen molar-refractivity contribution in [2.45, 2.75) is 33.1 Å². The molecule has 1 aliphatic heterocycles. The molecule has 2 aromatic carbocycles. The molecular weight excluding hydrogens is 384 g/mol. The maximum absolute atomic E-state index is 12.8. The maximum Gasteiger partial charge on any atom is 0.306 e. The Morgan fingerprint density at radius 2 is 1.67 bits per heavy atom. The summed E-state index contributed by atoms with van der Waals surface area (Å²) in [6, 6.07) is 10.7. The summed E-state index contributed by atoms with van der Waals surface area (Å²) in [5, 5.41) is 4.22. The van der Waals surface area contributed by atoms with Crippen LogP contribution in [0.25, 0.3) is 10.8 Å². The molecule has 0 bridgehead atoms. The van der Waals surface area contributed by atoms with Crippen molar-refractivity contribution >= 4 is 34.5 Å². The molecule has 3 rings (SSSR count). The Hall–Kier alpha value is -3.22. The number of hydrogen-bond acceptors (Lipinski definition) is 5. The third-order valence-electron chi connectivity index (χ3n) is 5.03. The largest absolute Gasteiger partial charge is 0.456 e. The van der Waals surface area contributed by atoms with Gasteiger partial charge in [0.2, 0.25) is 0 Å². The zero-order valence-corrected chi connectivity index (χ0v) is 17.3. The van der Waals surface area contributed by atoms with Crippen LogP contribution < -0.4 is 5.32 Å². The number of benzene rings is 2. The summed E-state index contributed by atoms with van der Waals surface area (Å²) in [6.45, 7) is 4.44. The van der Waals surface area contributed by atoms with Crippen LogP contribution in [-0.4, -0.2) is 48.3 Å². The number of hydrogen-bond donors (Lipinski definition) is 1. The Kier molecular flexibility index (Phi) is 6.82. The highest BCUT2D eigenvalue weighted by atomic mass is 16.5. The van der Waals surface area contributed by atoms with Crippen LogP contribution in [0, 0.1) is 5.92 Å². The van der Waals surface area contributed by atoms with Crippen molar-refractivity contribution < 1.29 is 23.9 Å². The molecule has 158 valence electrons. The van der Waals surface area contributed by atoms with Crippen LogP contribution in [0.15, 0.2) is 36.4 Å².